The number of aryl methyl sites for hydroxylation is 2. The molecule has 0 heterocycles. The highest BCUT2D eigenvalue weighted by molar-refractivity contribution is 5.67. The number of carboxylic acid groups (broad SMARTS) is 1. The molecule has 5 nitrogen and oxygen atoms in total. The molecule has 4 rings (SSSR count). The largest absolute Gasteiger partial charge is 0.465 e. The highest BCUT2D eigenvalue weighted by atomic mass is 19.4. The lowest BCUT2D eigenvalue weighted by molar-refractivity contribution is -0.137. The van der Waals surface area contributed by atoms with Gasteiger partial charge in [0.05, 0.1) is 23.7 Å². The van der Waals surface area contributed by atoms with Crippen LogP contribution in [0.15, 0.2) is 30.3 Å². The van der Waals surface area contributed by atoms with Crippen molar-refractivity contribution in [1.29, 1.82) is 5.26 Å². The molecule has 0 saturated heterocycles. The second-order valence-electron chi connectivity index (χ2n) is 9.96. The van der Waals surface area contributed by atoms with Gasteiger partial charge in [0.2, 0.25) is 0 Å². The molecule has 1 N–H and O–H groups in total. The minimum Gasteiger partial charge on any atom is -0.465 e. The zero-order valence-electron chi connectivity index (χ0n) is 20.6. The van der Waals surface area contributed by atoms with Gasteiger partial charge in [-0.15, -0.1) is 0 Å². The lowest BCUT2D eigenvalue weighted by Gasteiger charge is -2.31. The van der Waals surface area contributed by atoms with Crippen LogP contribution < -0.4 is 4.90 Å². The van der Waals surface area contributed by atoms with Gasteiger partial charge in [-0.1, -0.05) is 18.9 Å². The Labute approximate surface area is 210 Å². The van der Waals surface area contributed by atoms with Crippen LogP contribution in [0.5, 0.6) is 0 Å². The first-order valence-corrected chi connectivity index (χ1v) is 12.7. The summed E-state index contributed by atoms with van der Waals surface area (Å²) in [5.41, 5.74) is 3.48. The van der Waals surface area contributed by atoms with Crippen LogP contribution in [0.3, 0.4) is 0 Å². The van der Waals surface area contributed by atoms with Gasteiger partial charge >= 0.3 is 12.3 Å². The molecule has 8 heteroatoms. The number of alkyl halides is 3. The van der Waals surface area contributed by atoms with E-state index in [2.05, 4.69) is 24.0 Å². The molecule has 1 amide bonds. The quantitative estimate of drug-likeness (QED) is 0.436. The van der Waals surface area contributed by atoms with Crippen LogP contribution in [0.2, 0.25) is 0 Å². The molecule has 2 aromatic rings. The standard InChI is InChI=1S/C28H32F3N3O2/c1-2-33(16-19-6-3-4-7-19)26-14-23-9-5-8-22(23)13-24(26)18-34(27(35)36)17-21-10-20(15-32)11-25(12-21)28(29,30)31/h10-14,19H,2-9,16-18H2,1H3,(H,35,36). The van der Waals surface area contributed by atoms with E-state index in [1.807, 2.05) is 0 Å². The van der Waals surface area contributed by atoms with E-state index in [4.69, 9.17) is 0 Å². The van der Waals surface area contributed by atoms with Crippen LogP contribution in [0.1, 0.15) is 72.4 Å². The first kappa shape index (κ1) is 25.9. The Kier molecular flexibility index (Phi) is 7.77. The summed E-state index contributed by atoms with van der Waals surface area (Å²) in [5.74, 6) is 0.621. The maximum atomic E-state index is 13.4. The summed E-state index contributed by atoms with van der Waals surface area (Å²) in [7, 11) is 0. The molecular weight excluding hydrogens is 467 g/mol. The molecule has 36 heavy (non-hydrogen) atoms. The van der Waals surface area contributed by atoms with Gasteiger partial charge in [0.25, 0.3) is 0 Å². The second kappa shape index (κ2) is 10.8. The van der Waals surface area contributed by atoms with Gasteiger partial charge < -0.3 is 10.0 Å². The highest BCUT2D eigenvalue weighted by Crippen LogP contribution is 2.35. The molecule has 1 fully saturated rings. The van der Waals surface area contributed by atoms with E-state index in [0.29, 0.717) is 5.92 Å². The van der Waals surface area contributed by atoms with Gasteiger partial charge in [-0.2, -0.15) is 18.4 Å². The van der Waals surface area contributed by atoms with E-state index in [0.717, 1.165) is 60.6 Å². The molecular formula is C28H32F3N3O2. The van der Waals surface area contributed by atoms with Gasteiger partial charge in [0, 0.05) is 25.3 Å². The summed E-state index contributed by atoms with van der Waals surface area (Å²) in [5, 5.41) is 19.2. The number of nitriles is 1. The van der Waals surface area contributed by atoms with Gasteiger partial charge in [0.1, 0.15) is 0 Å². The maximum Gasteiger partial charge on any atom is 0.416 e. The number of carbonyl (C=O) groups is 1. The fraction of sp³-hybridized carbons (Fsp3) is 0.500. The average molecular weight is 500 g/mol. The first-order valence-electron chi connectivity index (χ1n) is 12.7. The number of fused-ring (bicyclic) bond motifs is 1. The number of hydrogen-bond donors (Lipinski definition) is 1. The van der Waals surface area contributed by atoms with Crippen molar-refractivity contribution in [2.24, 2.45) is 5.92 Å². The molecule has 0 bridgehead atoms. The van der Waals surface area contributed by atoms with Crippen LogP contribution >= 0.6 is 0 Å². The van der Waals surface area contributed by atoms with Crippen molar-refractivity contribution in [3.8, 4) is 6.07 Å². The molecule has 0 atom stereocenters. The van der Waals surface area contributed by atoms with E-state index in [1.54, 1.807) is 6.07 Å². The Morgan fingerprint density at radius 2 is 1.75 bits per heavy atom. The highest BCUT2D eigenvalue weighted by Gasteiger charge is 2.32. The SMILES string of the molecule is CCN(CC1CCCC1)c1cc2c(cc1CN(Cc1cc(C#N)cc(C(F)(F)F)c1)C(=O)O)CCC2. The fourth-order valence-electron chi connectivity index (χ4n) is 5.61. The monoisotopic (exact) mass is 499 g/mol. The molecule has 0 unspecified atom stereocenters. The number of benzene rings is 2. The Bertz CT molecular complexity index is 1150. The van der Waals surface area contributed by atoms with Crippen molar-refractivity contribution in [3.63, 3.8) is 0 Å². The minimum atomic E-state index is -4.62. The lowest BCUT2D eigenvalue weighted by atomic mass is 10.0. The molecule has 1 saturated carbocycles. The third-order valence-electron chi connectivity index (χ3n) is 7.42. The first-order chi connectivity index (χ1) is 17.2. The Hall–Kier alpha value is -3.21. The number of amides is 1. The van der Waals surface area contributed by atoms with E-state index < -0.39 is 17.8 Å². The zero-order chi connectivity index (χ0) is 25.9. The molecule has 2 aliphatic rings. The number of hydrogen-bond acceptors (Lipinski definition) is 3. The zero-order valence-corrected chi connectivity index (χ0v) is 20.6. The van der Waals surface area contributed by atoms with E-state index in [9.17, 15) is 28.3 Å². The molecule has 0 aromatic heterocycles. The maximum absolute atomic E-state index is 13.4. The Morgan fingerprint density at radius 3 is 2.36 bits per heavy atom. The van der Waals surface area contributed by atoms with Crippen molar-refractivity contribution < 1.29 is 23.1 Å². The normalized spacial score (nSPS) is 15.5. The molecule has 0 aliphatic heterocycles. The van der Waals surface area contributed by atoms with E-state index in [-0.39, 0.29) is 24.2 Å². The van der Waals surface area contributed by atoms with Crippen LogP contribution in [-0.4, -0.2) is 29.2 Å². The summed E-state index contributed by atoms with van der Waals surface area (Å²) in [6, 6.07) is 9.09. The summed E-state index contributed by atoms with van der Waals surface area (Å²) in [4.78, 5) is 15.7. The third-order valence-corrected chi connectivity index (χ3v) is 7.42. The predicted molar refractivity (Wildman–Crippen MR) is 132 cm³/mol. The van der Waals surface area contributed by atoms with Gasteiger partial charge in [-0.05, 0) is 91.5 Å². The average Bonchev–Trinajstić information content (AvgIpc) is 3.52. The smallest absolute Gasteiger partial charge is 0.416 e. The van der Waals surface area contributed by atoms with Crippen molar-refractivity contribution in [1.82, 2.24) is 4.90 Å². The molecule has 0 spiro atoms. The minimum absolute atomic E-state index is 0.0667. The Balaban J connectivity index is 1.65. The number of halogens is 3. The van der Waals surface area contributed by atoms with Crippen LogP contribution in [-0.2, 0) is 32.1 Å². The van der Waals surface area contributed by atoms with Crippen LogP contribution in [0, 0.1) is 17.2 Å². The summed E-state index contributed by atoms with van der Waals surface area (Å²) in [6.07, 6.45) is 2.08. The Morgan fingerprint density at radius 1 is 1.06 bits per heavy atom. The fourth-order valence-corrected chi connectivity index (χ4v) is 5.61. The van der Waals surface area contributed by atoms with Crippen molar-refractivity contribution in [2.75, 3.05) is 18.0 Å². The molecule has 0 radical (unpaired) electrons. The predicted octanol–water partition coefficient (Wildman–Crippen LogP) is 6.76. The van der Waals surface area contributed by atoms with Crippen LogP contribution in [0.25, 0.3) is 0 Å². The number of rotatable bonds is 8. The van der Waals surface area contributed by atoms with Crippen LogP contribution in [0.4, 0.5) is 23.7 Å². The second-order valence-corrected chi connectivity index (χ2v) is 9.96. The summed E-state index contributed by atoms with van der Waals surface area (Å²) < 4.78 is 40.1. The lowest BCUT2D eigenvalue weighted by Crippen LogP contribution is -2.32. The van der Waals surface area contributed by atoms with Crippen molar-refractivity contribution >= 4 is 11.8 Å². The van der Waals surface area contributed by atoms with E-state index >= 15 is 0 Å². The molecule has 2 aromatic carbocycles. The molecule has 192 valence electrons. The number of nitrogens with zero attached hydrogens (tertiary/aromatic N) is 3. The van der Waals surface area contributed by atoms with Crippen molar-refractivity contribution in [3.05, 3.63) is 63.7 Å². The van der Waals surface area contributed by atoms with Crippen molar-refractivity contribution in [2.45, 2.75) is 71.1 Å². The topological polar surface area (TPSA) is 67.6 Å². The number of anilines is 1. The summed E-state index contributed by atoms with van der Waals surface area (Å²) in [6.45, 7) is 3.66. The third kappa shape index (κ3) is 5.95. The van der Waals surface area contributed by atoms with E-state index in [1.165, 1.54) is 42.9 Å². The molecule has 2 aliphatic carbocycles. The van der Waals surface area contributed by atoms with Gasteiger partial charge in [0.15, 0.2) is 0 Å². The van der Waals surface area contributed by atoms with Gasteiger partial charge in [-0.3, -0.25) is 4.90 Å². The summed E-state index contributed by atoms with van der Waals surface area (Å²) >= 11 is 0. The van der Waals surface area contributed by atoms with Gasteiger partial charge in [-0.25, -0.2) is 4.79 Å².